The van der Waals surface area contributed by atoms with E-state index in [0.717, 1.165) is 25.7 Å². The summed E-state index contributed by atoms with van der Waals surface area (Å²) >= 11 is 0. The molecule has 15 heavy (non-hydrogen) atoms. The van der Waals surface area contributed by atoms with Gasteiger partial charge in [0.1, 0.15) is 6.54 Å². The van der Waals surface area contributed by atoms with Crippen LogP contribution >= 0.6 is 0 Å². The van der Waals surface area contributed by atoms with Crippen molar-refractivity contribution < 1.29 is 18.0 Å². The Morgan fingerprint density at radius 2 is 2.00 bits per heavy atom. The van der Waals surface area contributed by atoms with Crippen LogP contribution in [0.1, 0.15) is 25.7 Å². The molecule has 2 bridgehead atoms. The molecule has 2 aliphatic carbocycles. The SMILES string of the molecule is O=C(NCC(F)(F)F)C1CC2CCC1C2. The lowest BCUT2D eigenvalue weighted by atomic mass is 9.88. The quantitative estimate of drug-likeness (QED) is 0.760. The van der Waals surface area contributed by atoms with Crippen LogP contribution in [0.25, 0.3) is 0 Å². The summed E-state index contributed by atoms with van der Waals surface area (Å²) in [5.74, 6) is 0.352. The van der Waals surface area contributed by atoms with Crippen LogP contribution in [0.3, 0.4) is 0 Å². The minimum Gasteiger partial charge on any atom is -0.347 e. The van der Waals surface area contributed by atoms with E-state index in [-0.39, 0.29) is 5.92 Å². The number of nitrogens with one attached hydrogen (secondary N) is 1. The standard InChI is InChI=1S/C10H14F3NO/c11-10(12,13)5-14-9(15)8-4-6-1-2-7(8)3-6/h6-8H,1-5H2,(H,14,15). The number of carbonyl (C=O) groups is 1. The van der Waals surface area contributed by atoms with Gasteiger partial charge in [0.2, 0.25) is 5.91 Å². The highest BCUT2D eigenvalue weighted by atomic mass is 19.4. The van der Waals surface area contributed by atoms with E-state index in [4.69, 9.17) is 0 Å². The minimum absolute atomic E-state index is 0.161. The first kappa shape index (κ1) is 10.8. The third-order valence-corrected chi connectivity index (χ3v) is 3.54. The zero-order chi connectivity index (χ0) is 11.1. The molecule has 1 amide bonds. The van der Waals surface area contributed by atoms with Gasteiger partial charge >= 0.3 is 6.18 Å². The lowest BCUT2D eigenvalue weighted by Gasteiger charge is -2.21. The topological polar surface area (TPSA) is 29.1 Å². The fourth-order valence-corrected chi connectivity index (χ4v) is 2.88. The van der Waals surface area contributed by atoms with E-state index in [0.29, 0.717) is 11.8 Å². The van der Waals surface area contributed by atoms with E-state index in [2.05, 4.69) is 0 Å². The summed E-state index contributed by atoms with van der Waals surface area (Å²) in [7, 11) is 0. The summed E-state index contributed by atoms with van der Waals surface area (Å²) in [4.78, 5) is 11.5. The van der Waals surface area contributed by atoms with Gasteiger partial charge in [0.05, 0.1) is 0 Å². The summed E-state index contributed by atoms with van der Waals surface area (Å²) in [5.41, 5.74) is 0. The van der Waals surface area contributed by atoms with Crippen LogP contribution in [0.4, 0.5) is 13.2 Å². The largest absolute Gasteiger partial charge is 0.405 e. The minimum atomic E-state index is -4.30. The lowest BCUT2D eigenvalue weighted by Crippen LogP contribution is -2.39. The predicted molar refractivity (Wildman–Crippen MR) is 48.0 cm³/mol. The van der Waals surface area contributed by atoms with Gasteiger partial charge in [-0.2, -0.15) is 13.2 Å². The Morgan fingerprint density at radius 3 is 2.47 bits per heavy atom. The highest BCUT2D eigenvalue weighted by molar-refractivity contribution is 5.79. The second kappa shape index (κ2) is 3.68. The zero-order valence-electron chi connectivity index (χ0n) is 8.31. The molecule has 0 aromatic heterocycles. The summed E-state index contributed by atoms with van der Waals surface area (Å²) in [6, 6.07) is 0. The van der Waals surface area contributed by atoms with Crippen LogP contribution in [0, 0.1) is 17.8 Å². The van der Waals surface area contributed by atoms with Gasteiger partial charge in [-0.15, -0.1) is 0 Å². The fraction of sp³-hybridized carbons (Fsp3) is 0.900. The number of hydrogen-bond donors (Lipinski definition) is 1. The highest BCUT2D eigenvalue weighted by Crippen LogP contribution is 2.48. The molecular formula is C10H14F3NO. The van der Waals surface area contributed by atoms with Gasteiger partial charge in [0.15, 0.2) is 0 Å². The van der Waals surface area contributed by atoms with Crippen molar-refractivity contribution in [2.24, 2.45) is 17.8 Å². The molecule has 0 radical (unpaired) electrons. The van der Waals surface area contributed by atoms with Crippen LogP contribution < -0.4 is 5.32 Å². The molecule has 0 saturated heterocycles. The van der Waals surface area contributed by atoms with Gasteiger partial charge < -0.3 is 5.32 Å². The molecule has 1 N–H and O–H groups in total. The van der Waals surface area contributed by atoms with Crippen LogP contribution in [0.5, 0.6) is 0 Å². The van der Waals surface area contributed by atoms with Gasteiger partial charge in [0.25, 0.3) is 0 Å². The van der Waals surface area contributed by atoms with Crippen LogP contribution in [0.15, 0.2) is 0 Å². The van der Waals surface area contributed by atoms with Crippen LogP contribution in [-0.4, -0.2) is 18.6 Å². The van der Waals surface area contributed by atoms with E-state index in [1.165, 1.54) is 0 Å². The smallest absolute Gasteiger partial charge is 0.347 e. The summed E-state index contributed by atoms with van der Waals surface area (Å²) in [6.07, 6.45) is -0.325. The number of carbonyl (C=O) groups excluding carboxylic acids is 1. The molecule has 2 fully saturated rings. The van der Waals surface area contributed by atoms with Crippen molar-refractivity contribution in [1.29, 1.82) is 0 Å². The Bertz CT molecular complexity index is 264. The Kier molecular flexibility index (Phi) is 2.64. The predicted octanol–water partition coefficient (Wildman–Crippen LogP) is 2.10. The van der Waals surface area contributed by atoms with E-state index >= 15 is 0 Å². The molecule has 2 nitrogen and oxygen atoms in total. The number of hydrogen-bond acceptors (Lipinski definition) is 1. The molecule has 2 aliphatic rings. The van der Waals surface area contributed by atoms with Gasteiger partial charge in [-0.05, 0) is 31.1 Å². The summed E-state index contributed by atoms with van der Waals surface area (Å²) in [6.45, 7) is -1.19. The molecule has 0 heterocycles. The van der Waals surface area contributed by atoms with Crippen molar-refractivity contribution in [3.63, 3.8) is 0 Å². The number of alkyl halides is 3. The van der Waals surface area contributed by atoms with Crippen molar-refractivity contribution in [3.8, 4) is 0 Å². The summed E-state index contributed by atoms with van der Waals surface area (Å²) < 4.78 is 35.6. The highest BCUT2D eigenvalue weighted by Gasteiger charge is 2.43. The van der Waals surface area contributed by atoms with E-state index in [9.17, 15) is 18.0 Å². The molecular weight excluding hydrogens is 207 g/mol. The number of rotatable bonds is 2. The van der Waals surface area contributed by atoms with E-state index in [1.54, 1.807) is 0 Å². The number of fused-ring (bicyclic) bond motifs is 2. The molecule has 3 unspecified atom stereocenters. The van der Waals surface area contributed by atoms with E-state index in [1.807, 2.05) is 5.32 Å². The average molecular weight is 221 g/mol. The zero-order valence-corrected chi connectivity index (χ0v) is 8.31. The van der Waals surface area contributed by atoms with Crippen molar-refractivity contribution in [3.05, 3.63) is 0 Å². The molecule has 2 rings (SSSR count). The second-order valence-corrected chi connectivity index (χ2v) is 4.61. The molecule has 3 atom stereocenters. The molecule has 5 heteroatoms. The monoisotopic (exact) mass is 221 g/mol. The van der Waals surface area contributed by atoms with Gasteiger partial charge in [-0.25, -0.2) is 0 Å². The van der Waals surface area contributed by atoms with E-state index < -0.39 is 18.6 Å². The maximum Gasteiger partial charge on any atom is 0.405 e. The van der Waals surface area contributed by atoms with Crippen molar-refractivity contribution in [2.75, 3.05) is 6.54 Å². The Labute approximate surface area is 86.2 Å². The van der Waals surface area contributed by atoms with Gasteiger partial charge in [-0.3, -0.25) is 4.79 Å². The molecule has 0 aliphatic heterocycles. The molecule has 0 aromatic rings. The Morgan fingerprint density at radius 1 is 1.27 bits per heavy atom. The lowest BCUT2D eigenvalue weighted by molar-refractivity contribution is -0.141. The fourth-order valence-electron chi connectivity index (χ4n) is 2.88. The third kappa shape index (κ3) is 2.44. The Hall–Kier alpha value is -0.740. The molecule has 86 valence electrons. The number of amides is 1. The van der Waals surface area contributed by atoms with Crippen molar-refractivity contribution >= 4 is 5.91 Å². The normalized spacial score (nSPS) is 34.5. The molecule has 2 saturated carbocycles. The first-order chi connectivity index (χ1) is 6.96. The van der Waals surface area contributed by atoms with Crippen molar-refractivity contribution in [1.82, 2.24) is 5.32 Å². The average Bonchev–Trinajstić information content (AvgIpc) is 2.73. The first-order valence-corrected chi connectivity index (χ1v) is 5.30. The van der Waals surface area contributed by atoms with Gasteiger partial charge in [0, 0.05) is 5.92 Å². The van der Waals surface area contributed by atoms with Crippen molar-refractivity contribution in [2.45, 2.75) is 31.9 Å². The maximum absolute atomic E-state index is 11.9. The summed E-state index contributed by atoms with van der Waals surface area (Å²) in [5, 5.41) is 1.99. The third-order valence-electron chi connectivity index (χ3n) is 3.54. The van der Waals surface area contributed by atoms with Crippen LogP contribution in [0.2, 0.25) is 0 Å². The maximum atomic E-state index is 11.9. The van der Waals surface area contributed by atoms with Gasteiger partial charge in [-0.1, -0.05) is 6.42 Å². The molecule has 0 spiro atoms. The number of halogens is 3. The van der Waals surface area contributed by atoms with Crippen LogP contribution in [-0.2, 0) is 4.79 Å². The Balaban J connectivity index is 1.82. The molecule has 0 aromatic carbocycles. The first-order valence-electron chi connectivity index (χ1n) is 5.30. The second-order valence-electron chi connectivity index (χ2n) is 4.61.